The molecule has 0 fully saturated rings. The lowest BCUT2D eigenvalue weighted by molar-refractivity contribution is 0.0174. The molecule has 4 rings (SSSR count). The predicted molar refractivity (Wildman–Crippen MR) is 97.1 cm³/mol. The van der Waals surface area contributed by atoms with Gasteiger partial charge >= 0.3 is 0 Å². The standard InChI is InChI=1S/C22H22F2O/c1-22(23,24)18-9-10-21-20(14-18)17(11-12-25-21)13-16-7-4-6-15-5-2-3-8-19(15)16/h4,6-7,9-10,13-14H,2-3,5,8,11-12H2,1H3/b17-13+. The van der Waals surface area contributed by atoms with E-state index >= 15 is 0 Å². The molecule has 0 radical (unpaired) electrons. The third-order valence-electron chi connectivity index (χ3n) is 5.22. The largest absolute Gasteiger partial charge is 0.493 e. The lowest BCUT2D eigenvalue weighted by Gasteiger charge is -2.23. The fourth-order valence-corrected chi connectivity index (χ4v) is 3.87. The van der Waals surface area contributed by atoms with Crippen LogP contribution in [0.25, 0.3) is 11.6 Å². The zero-order valence-electron chi connectivity index (χ0n) is 14.4. The van der Waals surface area contributed by atoms with Gasteiger partial charge in [-0.1, -0.05) is 24.3 Å². The first kappa shape index (κ1) is 16.3. The van der Waals surface area contributed by atoms with E-state index in [0.717, 1.165) is 37.3 Å². The Labute approximate surface area is 147 Å². The zero-order valence-corrected chi connectivity index (χ0v) is 14.4. The van der Waals surface area contributed by atoms with Crippen molar-refractivity contribution in [3.63, 3.8) is 0 Å². The summed E-state index contributed by atoms with van der Waals surface area (Å²) in [6.45, 7) is 1.53. The van der Waals surface area contributed by atoms with E-state index in [0.29, 0.717) is 12.4 Å². The molecule has 130 valence electrons. The molecule has 0 saturated carbocycles. The quantitative estimate of drug-likeness (QED) is 0.651. The molecule has 2 aliphatic rings. The van der Waals surface area contributed by atoms with E-state index < -0.39 is 5.92 Å². The topological polar surface area (TPSA) is 9.23 Å². The van der Waals surface area contributed by atoms with Crippen LogP contribution >= 0.6 is 0 Å². The molecule has 0 saturated heterocycles. The van der Waals surface area contributed by atoms with E-state index in [4.69, 9.17) is 4.74 Å². The molecule has 1 aliphatic heterocycles. The van der Waals surface area contributed by atoms with E-state index in [1.54, 1.807) is 12.1 Å². The maximum atomic E-state index is 13.7. The van der Waals surface area contributed by atoms with Gasteiger partial charge in [-0.2, -0.15) is 0 Å². The summed E-state index contributed by atoms with van der Waals surface area (Å²) in [6, 6.07) is 11.2. The van der Waals surface area contributed by atoms with E-state index in [1.807, 2.05) is 0 Å². The van der Waals surface area contributed by atoms with E-state index in [-0.39, 0.29) is 5.56 Å². The lowest BCUT2D eigenvalue weighted by atomic mass is 9.86. The first-order valence-electron chi connectivity index (χ1n) is 8.99. The highest BCUT2D eigenvalue weighted by Gasteiger charge is 2.27. The Bertz CT molecular complexity index is 830. The highest BCUT2D eigenvalue weighted by molar-refractivity contribution is 5.86. The molecule has 0 atom stereocenters. The Morgan fingerprint density at radius 2 is 1.88 bits per heavy atom. The Morgan fingerprint density at radius 3 is 2.72 bits per heavy atom. The van der Waals surface area contributed by atoms with Crippen LogP contribution in [0.5, 0.6) is 5.75 Å². The first-order chi connectivity index (χ1) is 12.0. The van der Waals surface area contributed by atoms with Crippen molar-refractivity contribution in [3.05, 3.63) is 64.2 Å². The van der Waals surface area contributed by atoms with Gasteiger partial charge in [0.1, 0.15) is 5.75 Å². The molecular weight excluding hydrogens is 318 g/mol. The van der Waals surface area contributed by atoms with Crippen LogP contribution in [0.15, 0.2) is 36.4 Å². The van der Waals surface area contributed by atoms with Gasteiger partial charge in [0.2, 0.25) is 0 Å². The van der Waals surface area contributed by atoms with Crippen molar-refractivity contribution in [2.45, 2.75) is 45.0 Å². The van der Waals surface area contributed by atoms with Crippen LogP contribution in [0.1, 0.15) is 54.0 Å². The van der Waals surface area contributed by atoms with Gasteiger partial charge < -0.3 is 4.74 Å². The second-order valence-corrected chi connectivity index (χ2v) is 7.06. The fourth-order valence-electron chi connectivity index (χ4n) is 3.87. The molecule has 3 heteroatoms. The second kappa shape index (κ2) is 6.29. The van der Waals surface area contributed by atoms with Crippen molar-refractivity contribution in [2.75, 3.05) is 6.61 Å². The molecule has 2 aromatic rings. The number of fused-ring (bicyclic) bond motifs is 2. The van der Waals surface area contributed by atoms with Crippen LogP contribution in [-0.2, 0) is 18.8 Å². The third kappa shape index (κ3) is 3.20. The number of rotatable bonds is 2. The monoisotopic (exact) mass is 340 g/mol. The van der Waals surface area contributed by atoms with E-state index in [1.165, 1.54) is 35.6 Å². The Balaban J connectivity index is 1.80. The summed E-state index contributed by atoms with van der Waals surface area (Å²) >= 11 is 0. The summed E-state index contributed by atoms with van der Waals surface area (Å²) < 4.78 is 33.2. The van der Waals surface area contributed by atoms with Crippen molar-refractivity contribution in [2.24, 2.45) is 0 Å². The number of hydrogen-bond acceptors (Lipinski definition) is 1. The van der Waals surface area contributed by atoms with Crippen LogP contribution in [0.3, 0.4) is 0 Å². The van der Waals surface area contributed by atoms with Gasteiger partial charge in [0.05, 0.1) is 6.61 Å². The van der Waals surface area contributed by atoms with Crippen LogP contribution in [0, 0.1) is 0 Å². The Hall–Kier alpha value is -2.16. The minimum Gasteiger partial charge on any atom is -0.493 e. The van der Waals surface area contributed by atoms with Crippen molar-refractivity contribution in [1.29, 1.82) is 0 Å². The average molecular weight is 340 g/mol. The normalized spacial score (nSPS) is 18.4. The molecule has 1 heterocycles. The highest BCUT2D eigenvalue weighted by Crippen LogP contribution is 2.39. The summed E-state index contributed by atoms with van der Waals surface area (Å²) in [7, 11) is 0. The van der Waals surface area contributed by atoms with Gasteiger partial charge in [0, 0.05) is 24.5 Å². The highest BCUT2D eigenvalue weighted by atomic mass is 19.3. The summed E-state index contributed by atoms with van der Waals surface area (Å²) in [4.78, 5) is 0. The minimum absolute atomic E-state index is 0.0396. The van der Waals surface area contributed by atoms with E-state index in [9.17, 15) is 8.78 Å². The molecular formula is C22H22F2O. The van der Waals surface area contributed by atoms with Gasteiger partial charge in [-0.25, -0.2) is 8.78 Å². The van der Waals surface area contributed by atoms with Crippen LogP contribution < -0.4 is 4.74 Å². The summed E-state index contributed by atoms with van der Waals surface area (Å²) in [5.41, 5.74) is 6.02. The first-order valence-corrected chi connectivity index (χ1v) is 8.99. The number of halogens is 2. The van der Waals surface area contributed by atoms with Gasteiger partial charge in [-0.3, -0.25) is 0 Å². The smallest absolute Gasteiger partial charge is 0.270 e. The van der Waals surface area contributed by atoms with Crippen molar-refractivity contribution in [1.82, 2.24) is 0 Å². The van der Waals surface area contributed by atoms with Crippen LogP contribution in [0.2, 0.25) is 0 Å². The number of alkyl halides is 2. The van der Waals surface area contributed by atoms with Gasteiger partial charge in [0.25, 0.3) is 5.92 Å². The van der Waals surface area contributed by atoms with Gasteiger partial charge in [-0.15, -0.1) is 0 Å². The molecule has 0 aromatic heterocycles. The maximum absolute atomic E-state index is 13.7. The molecule has 1 nitrogen and oxygen atoms in total. The number of ether oxygens (including phenoxy) is 1. The Morgan fingerprint density at radius 1 is 1.04 bits per heavy atom. The molecule has 0 amide bonds. The summed E-state index contributed by atoms with van der Waals surface area (Å²) in [6.07, 6.45) is 7.64. The predicted octanol–water partition coefficient (Wildman–Crippen LogP) is 6.00. The minimum atomic E-state index is -2.84. The van der Waals surface area contributed by atoms with Crippen molar-refractivity contribution < 1.29 is 13.5 Å². The molecule has 1 aliphatic carbocycles. The van der Waals surface area contributed by atoms with Crippen molar-refractivity contribution >= 4 is 11.6 Å². The lowest BCUT2D eigenvalue weighted by Crippen LogP contribution is -2.12. The molecule has 0 N–H and O–H groups in total. The molecule has 2 aromatic carbocycles. The number of benzene rings is 2. The molecule has 0 spiro atoms. The van der Waals surface area contributed by atoms with Gasteiger partial charge in [0.15, 0.2) is 0 Å². The second-order valence-electron chi connectivity index (χ2n) is 7.06. The molecule has 0 bridgehead atoms. The maximum Gasteiger partial charge on any atom is 0.270 e. The summed E-state index contributed by atoms with van der Waals surface area (Å²) in [5.74, 6) is -2.14. The molecule has 25 heavy (non-hydrogen) atoms. The van der Waals surface area contributed by atoms with Crippen molar-refractivity contribution in [3.8, 4) is 5.75 Å². The number of hydrogen-bond donors (Lipinski definition) is 0. The summed E-state index contributed by atoms with van der Waals surface area (Å²) in [5, 5.41) is 0. The van der Waals surface area contributed by atoms with Gasteiger partial charge in [-0.05, 0) is 66.1 Å². The fraction of sp³-hybridized carbons (Fsp3) is 0.364. The molecule has 0 unspecified atom stereocenters. The SMILES string of the molecule is CC(F)(F)c1ccc2c(c1)/C(=C/c1cccc3c1CCCC3)CCO2. The zero-order chi connectivity index (χ0) is 17.4. The Kier molecular flexibility index (Phi) is 4.10. The van der Waals surface area contributed by atoms with Crippen LogP contribution in [0.4, 0.5) is 8.78 Å². The van der Waals surface area contributed by atoms with E-state index in [2.05, 4.69) is 24.3 Å². The third-order valence-corrected chi connectivity index (χ3v) is 5.22. The average Bonchev–Trinajstić information content (AvgIpc) is 2.61. The van der Waals surface area contributed by atoms with Crippen LogP contribution in [-0.4, -0.2) is 6.61 Å². The number of aryl methyl sites for hydroxylation is 1.